The van der Waals surface area contributed by atoms with Crippen molar-refractivity contribution < 1.29 is 20.4 Å². The van der Waals surface area contributed by atoms with E-state index in [-0.39, 0.29) is 42.1 Å². The van der Waals surface area contributed by atoms with Crippen LogP contribution in [0.3, 0.4) is 0 Å². The number of pyridine rings is 4. The fourth-order valence-electron chi connectivity index (χ4n) is 17.2. The largest absolute Gasteiger partial charge is 2.00 e. The SMILES string of the molecule is CC1(C)c2cc3c([c-]c2N(c2[c-]c4c(cc2)c2ccccc2n4-c2ccccn2)c2ccccc21)N(c1ccccn1)c1ccccc1C3(C)C.CC1(C)c2ccccc2N(c2ccc3c4ccccc4n(-c4ccccn4)c3c2)c2cc3c(cc21)C(C)(C)c1ccccc1N3c1ccccn1.[Pd+2]. The molecule has 0 aliphatic carbocycles. The fourth-order valence-corrected chi connectivity index (χ4v) is 17.2. The molecule has 6 aromatic heterocycles. The van der Waals surface area contributed by atoms with E-state index in [9.17, 15) is 0 Å². The van der Waals surface area contributed by atoms with E-state index in [1.165, 1.54) is 72.0 Å². The van der Waals surface area contributed by atoms with Gasteiger partial charge in [-0.25, -0.2) is 19.9 Å². The molecule has 10 aromatic carbocycles. The fraction of sp³-hybridized carbons (Fsp3) is 0.130. The van der Waals surface area contributed by atoms with Crippen LogP contribution in [-0.2, 0) is 42.1 Å². The van der Waals surface area contributed by atoms with Crippen LogP contribution >= 0.6 is 0 Å². The molecule has 0 amide bonds. The first-order valence-electron chi connectivity index (χ1n) is 35.2. The summed E-state index contributed by atoms with van der Waals surface area (Å²) in [6.45, 7) is 18.8. The third-order valence-electron chi connectivity index (χ3n) is 22.3. The van der Waals surface area contributed by atoms with Gasteiger partial charge in [0.15, 0.2) is 0 Å². The molecule has 20 rings (SSSR count). The van der Waals surface area contributed by atoms with Crippen LogP contribution < -0.4 is 19.6 Å². The van der Waals surface area contributed by atoms with Gasteiger partial charge in [0.2, 0.25) is 0 Å². The molecule has 0 atom stereocenters. The second-order valence-electron chi connectivity index (χ2n) is 29.4. The Bertz CT molecular complexity index is 5690. The summed E-state index contributed by atoms with van der Waals surface area (Å²) in [5.41, 5.74) is 24.5. The van der Waals surface area contributed by atoms with E-state index in [1.807, 2.05) is 55.1 Å². The molecule has 0 N–H and O–H groups in total. The van der Waals surface area contributed by atoms with Crippen LogP contribution in [0, 0.1) is 12.1 Å². The number of fused-ring (bicyclic) bond motifs is 14. The van der Waals surface area contributed by atoms with Gasteiger partial charge in [0.25, 0.3) is 0 Å². The number of nitrogens with zero attached hydrogens (tertiary/aromatic N) is 10. The number of hydrogen-bond donors (Lipinski definition) is 0. The summed E-state index contributed by atoms with van der Waals surface area (Å²) in [5, 5.41) is 4.73. The van der Waals surface area contributed by atoms with Gasteiger partial charge in [-0.2, -0.15) is 12.1 Å². The van der Waals surface area contributed by atoms with Crippen LogP contribution in [0.4, 0.5) is 68.5 Å². The molecule has 0 radical (unpaired) electrons. The zero-order valence-corrected chi connectivity index (χ0v) is 60.1. The van der Waals surface area contributed by atoms with E-state index >= 15 is 0 Å². The second kappa shape index (κ2) is 23.7. The zero-order chi connectivity index (χ0) is 69.0. The summed E-state index contributed by atoms with van der Waals surface area (Å²) in [7, 11) is 0. The van der Waals surface area contributed by atoms with E-state index in [0.29, 0.717) is 0 Å². The van der Waals surface area contributed by atoms with Crippen molar-refractivity contribution in [1.29, 1.82) is 0 Å². The number of aromatic nitrogens is 6. The molecule has 0 bridgehead atoms. The Balaban J connectivity index is 0.000000146. The van der Waals surface area contributed by atoms with Crippen LogP contribution in [0.25, 0.3) is 55.2 Å². The first kappa shape index (κ1) is 63.4. The van der Waals surface area contributed by atoms with Gasteiger partial charge in [-0.05, 0) is 159 Å². The Hall–Kier alpha value is -11.7. The molecule has 4 aliphatic heterocycles. The predicted molar refractivity (Wildman–Crippen MR) is 418 cm³/mol. The van der Waals surface area contributed by atoms with Crippen molar-refractivity contribution in [2.75, 3.05) is 19.6 Å². The maximum atomic E-state index is 4.90. The molecule has 10 heterocycles. The first-order valence-corrected chi connectivity index (χ1v) is 35.2. The quantitative estimate of drug-likeness (QED) is 0.120. The minimum absolute atomic E-state index is 0. The summed E-state index contributed by atoms with van der Waals surface area (Å²) in [6.07, 6.45) is 7.48. The maximum absolute atomic E-state index is 4.90. The average Bonchev–Trinajstić information content (AvgIpc) is 1.37. The summed E-state index contributed by atoms with van der Waals surface area (Å²) >= 11 is 0. The standard InChI is InChI=1S/C46H37N5.C46H35N5.Pd/c2*1-45(2)33-16-6-9-19-38(33)49(30-23-24-32-31-15-5-8-18-37(31)50(40(32)27-30)43-21-11-13-25-47-43)41-29-42-36(28-35(41)45)46(3,4)34-17-7-10-20-39(34)51(42)44-22-12-14-26-48-44;/h5-29H,1-4H3;5-26,28H,1-4H3;/q;-2;+2. The Morgan fingerprint density at radius 1 is 0.262 bits per heavy atom. The Morgan fingerprint density at radius 2 is 0.641 bits per heavy atom. The number of benzene rings is 10. The van der Waals surface area contributed by atoms with Crippen LogP contribution in [0.1, 0.15) is 99.9 Å². The molecule has 16 aromatic rings. The summed E-state index contributed by atoms with van der Waals surface area (Å²) in [5.74, 6) is 3.55. The molecule has 0 unspecified atom stereocenters. The van der Waals surface area contributed by atoms with Gasteiger partial charge in [0, 0.05) is 69.0 Å². The van der Waals surface area contributed by atoms with Crippen LogP contribution in [0.2, 0.25) is 0 Å². The Labute approximate surface area is 614 Å². The van der Waals surface area contributed by atoms with Gasteiger partial charge in [-0.1, -0.05) is 217 Å². The minimum atomic E-state index is -0.288. The number of rotatable bonds is 6. The van der Waals surface area contributed by atoms with Crippen LogP contribution in [-0.4, -0.2) is 29.1 Å². The van der Waals surface area contributed by atoms with Gasteiger partial charge >= 0.3 is 20.4 Å². The van der Waals surface area contributed by atoms with Crippen molar-refractivity contribution in [3.8, 4) is 11.6 Å². The van der Waals surface area contributed by atoms with E-state index in [1.54, 1.807) is 0 Å². The van der Waals surface area contributed by atoms with Crippen molar-refractivity contribution in [3.63, 3.8) is 0 Å². The van der Waals surface area contributed by atoms with Gasteiger partial charge in [-0.3, -0.25) is 9.47 Å². The Morgan fingerprint density at radius 3 is 1.17 bits per heavy atom. The van der Waals surface area contributed by atoms with Crippen molar-refractivity contribution in [3.05, 3.63) is 348 Å². The molecule has 10 nitrogen and oxygen atoms in total. The number of para-hydroxylation sites is 6. The predicted octanol–water partition coefficient (Wildman–Crippen LogP) is 23.2. The molecule has 4 aliphatic rings. The minimum Gasteiger partial charge on any atom is -0.358 e. The molecule has 11 heteroatoms. The van der Waals surface area contributed by atoms with Gasteiger partial charge in [0.05, 0.1) is 33.8 Å². The molecular formula is C92H72N10Pd. The monoisotopic (exact) mass is 1420 g/mol. The van der Waals surface area contributed by atoms with Crippen molar-refractivity contribution in [2.45, 2.75) is 77.0 Å². The smallest absolute Gasteiger partial charge is 0.358 e. The zero-order valence-electron chi connectivity index (χ0n) is 58.5. The van der Waals surface area contributed by atoms with E-state index in [0.717, 1.165) is 96.2 Å². The third kappa shape index (κ3) is 9.49. The number of anilines is 12. The summed E-state index contributed by atoms with van der Waals surface area (Å²) < 4.78 is 4.53. The Kier molecular flexibility index (Phi) is 14.6. The van der Waals surface area contributed by atoms with Crippen molar-refractivity contribution in [2.24, 2.45) is 0 Å². The molecular weight excluding hydrogens is 1350 g/mol. The second-order valence-corrected chi connectivity index (χ2v) is 29.4. The van der Waals surface area contributed by atoms with Gasteiger partial charge in [0.1, 0.15) is 23.3 Å². The van der Waals surface area contributed by atoms with Gasteiger partial charge < -0.3 is 19.3 Å². The van der Waals surface area contributed by atoms with Crippen LogP contribution in [0.15, 0.2) is 292 Å². The molecule has 0 saturated heterocycles. The summed E-state index contributed by atoms with van der Waals surface area (Å²) in [4.78, 5) is 28.8. The molecule has 500 valence electrons. The topological polar surface area (TPSA) is 74.4 Å². The van der Waals surface area contributed by atoms with Gasteiger partial charge in [-0.15, -0.1) is 34.7 Å². The number of hydrogen-bond acceptors (Lipinski definition) is 8. The molecule has 0 fully saturated rings. The van der Waals surface area contributed by atoms with Crippen molar-refractivity contribution >= 4 is 112 Å². The molecule has 0 saturated carbocycles. The normalized spacial score (nSPS) is 15.1. The van der Waals surface area contributed by atoms with E-state index in [4.69, 9.17) is 19.9 Å². The first-order chi connectivity index (χ1) is 49.7. The van der Waals surface area contributed by atoms with E-state index < -0.39 is 0 Å². The summed E-state index contributed by atoms with van der Waals surface area (Å²) in [6, 6.07) is 104. The average molecular weight is 1420 g/mol. The maximum Gasteiger partial charge on any atom is 2.00 e. The van der Waals surface area contributed by atoms with Crippen molar-refractivity contribution in [1.82, 2.24) is 29.1 Å². The van der Waals surface area contributed by atoms with E-state index in [2.05, 4.69) is 333 Å². The molecule has 0 spiro atoms. The third-order valence-corrected chi connectivity index (χ3v) is 22.3. The molecule has 103 heavy (non-hydrogen) atoms. The van der Waals surface area contributed by atoms with Crippen LogP contribution in [0.5, 0.6) is 0 Å².